The number of fused-ring (bicyclic) bond motifs is 1. The van der Waals surface area contributed by atoms with Crippen molar-refractivity contribution in [1.82, 2.24) is 0 Å². The maximum Gasteiger partial charge on any atom is 0.340 e. The largest absolute Gasteiger partial charge is 0.744 e. The van der Waals surface area contributed by atoms with Crippen LogP contribution in [0.2, 0.25) is 0 Å². The molecule has 13 heteroatoms. The summed E-state index contributed by atoms with van der Waals surface area (Å²) in [6.07, 6.45) is 0.362. The fraction of sp³-hybridized carbons (Fsp3) is 0.0833. The summed E-state index contributed by atoms with van der Waals surface area (Å²) in [6.45, 7) is 0. The summed E-state index contributed by atoms with van der Waals surface area (Å²) in [4.78, 5) is 26.4. The first-order chi connectivity index (χ1) is 17.3. The van der Waals surface area contributed by atoms with Crippen LogP contribution in [-0.2, 0) is 32.5 Å². The van der Waals surface area contributed by atoms with Crippen LogP contribution in [0.25, 0.3) is 0 Å². The molecular formula is C24H12I5O7S-. The molecule has 0 fully saturated rings. The van der Waals surface area contributed by atoms with Gasteiger partial charge in [-0.3, -0.25) is 0 Å². The Morgan fingerprint density at radius 1 is 0.730 bits per heavy atom. The predicted molar refractivity (Wildman–Crippen MR) is 177 cm³/mol. The van der Waals surface area contributed by atoms with Gasteiger partial charge in [-0.05, 0) is 148 Å². The van der Waals surface area contributed by atoms with E-state index < -0.39 is 22.1 Å². The van der Waals surface area contributed by atoms with Crippen molar-refractivity contribution in [3.8, 4) is 11.5 Å². The number of carbonyl (C=O) groups excluding carboxylic acids is 2. The van der Waals surface area contributed by atoms with E-state index in [1.54, 1.807) is 45.2 Å². The zero-order valence-corrected chi connectivity index (χ0v) is 29.8. The van der Waals surface area contributed by atoms with Crippen molar-refractivity contribution in [3.63, 3.8) is 0 Å². The number of hydrogen-bond donors (Lipinski definition) is 0. The maximum atomic E-state index is 13.4. The monoisotopic (exact) mass is 1080 g/mol. The van der Waals surface area contributed by atoms with Crippen LogP contribution >= 0.6 is 113 Å². The zero-order chi connectivity index (χ0) is 27.1. The number of ether oxygens (including phenoxy) is 2. The number of esters is 2. The van der Waals surface area contributed by atoms with Crippen LogP contribution < -0.4 is 9.47 Å². The van der Waals surface area contributed by atoms with Gasteiger partial charge in [0.25, 0.3) is 0 Å². The maximum absolute atomic E-state index is 13.4. The third-order valence-electron chi connectivity index (χ3n) is 5.30. The number of hydrogen-bond acceptors (Lipinski definition) is 7. The second-order valence-corrected chi connectivity index (χ2v) is 14.9. The minimum absolute atomic E-state index is 0.0620. The molecule has 3 aromatic rings. The molecule has 0 saturated carbocycles. The SMILES string of the molecule is O=C(Oc1cc(I)c(S(=O)(=O)[O-])c(I)c1)C1=C(C(=O)Oc2c(I)cc(I)cc2I)Cc2ccccc2C1. The van der Waals surface area contributed by atoms with Crippen molar-refractivity contribution in [3.05, 3.63) is 88.7 Å². The average Bonchev–Trinajstić information content (AvgIpc) is 2.79. The van der Waals surface area contributed by atoms with Gasteiger partial charge in [-0.2, -0.15) is 0 Å². The molecule has 192 valence electrons. The Labute approximate surface area is 281 Å². The molecule has 0 N–H and O–H groups in total. The van der Waals surface area contributed by atoms with E-state index in [0.717, 1.165) is 21.8 Å². The van der Waals surface area contributed by atoms with Gasteiger partial charge < -0.3 is 14.0 Å². The van der Waals surface area contributed by atoms with Crippen molar-refractivity contribution in [1.29, 1.82) is 0 Å². The molecule has 0 heterocycles. The molecule has 3 aromatic carbocycles. The highest BCUT2D eigenvalue weighted by Crippen LogP contribution is 2.34. The number of benzene rings is 3. The van der Waals surface area contributed by atoms with Crippen LogP contribution in [0.5, 0.6) is 11.5 Å². The standard InChI is InChI=1S/C24H13I5O7S/c25-13-7-17(26)21(18(27)8-13)36-24(31)16-6-12-4-2-1-3-11(12)5-15(16)23(30)35-14-9-19(28)22(20(29)10-14)37(32,33)34/h1-4,7-10H,5-6H2,(H,32,33,34)/p-1. The van der Waals surface area contributed by atoms with E-state index in [-0.39, 0.29) is 41.8 Å². The Morgan fingerprint density at radius 2 is 1.19 bits per heavy atom. The Hall–Kier alpha value is -0.100. The van der Waals surface area contributed by atoms with Gasteiger partial charge in [0, 0.05) is 23.6 Å². The summed E-state index contributed by atoms with van der Waals surface area (Å²) in [5, 5.41) is 0. The van der Waals surface area contributed by atoms with E-state index >= 15 is 0 Å². The van der Waals surface area contributed by atoms with E-state index in [1.165, 1.54) is 12.1 Å². The topological polar surface area (TPSA) is 110 Å². The van der Waals surface area contributed by atoms with E-state index in [9.17, 15) is 22.6 Å². The first-order valence-electron chi connectivity index (χ1n) is 10.2. The Kier molecular flexibility index (Phi) is 9.84. The van der Waals surface area contributed by atoms with E-state index in [2.05, 4.69) is 67.8 Å². The van der Waals surface area contributed by atoms with Gasteiger partial charge in [-0.15, -0.1) is 0 Å². The average molecular weight is 1080 g/mol. The van der Waals surface area contributed by atoms with E-state index in [0.29, 0.717) is 5.75 Å². The van der Waals surface area contributed by atoms with Crippen LogP contribution in [0.1, 0.15) is 11.1 Å². The van der Waals surface area contributed by atoms with Gasteiger partial charge in [-0.1, -0.05) is 24.3 Å². The minimum atomic E-state index is -4.70. The normalized spacial score (nSPS) is 13.2. The van der Waals surface area contributed by atoms with Gasteiger partial charge in [0.1, 0.15) is 15.9 Å². The van der Waals surface area contributed by atoms with Gasteiger partial charge in [-0.25, -0.2) is 18.0 Å². The first kappa shape index (κ1) is 29.9. The molecule has 1 aliphatic carbocycles. The predicted octanol–water partition coefficient (Wildman–Crippen LogP) is 6.22. The molecule has 0 amide bonds. The molecule has 7 nitrogen and oxygen atoms in total. The molecule has 0 atom stereocenters. The molecule has 0 unspecified atom stereocenters. The Balaban J connectivity index is 1.71. The van der Waals surface area contributed by atoms with Crippen LogP contribution in [0, 0.1) is 17.9 Å². The van der Waals surface area contributed by atoms with Crippen molar-refractivity contribution in [2.75, 3.05) is 0 Å². The van der Waals surface area contributed by atoms with Crippen LogP contribution in [0.3, 0.4) is 0 Å². The van der Waals surface area contributed by atoms with Crippen LogP contribution in [0.15, 0.2) is 64.6 Å². The van der Waals surface area contributed by atoms with Crippen molar-refractivity contribution in [2.24, 2.45) is 0 Å². The minimum Gasteiger partial charge on any atom is -0.744 e. The molecule has 0 spiro atoms. The van der Waals surface area contributed by atoms with E-state index in [4.69, 9.17) is 9.47 Å². The highest BCUT2D eigenvalue weighted by Gasteiger charge is 2.30. The molecular weight excluding hydrogens is 1070 g/mol. The number of carbonyl (C=O) groups is 2. The Bertz CT molecular complexity index is 1550. The van der Waals surface area contributed by atoms with Crippen molar-refractivity contribution in [2.45, 2.75) is 17.7 Å². The third kappa shape index (κ3) is 6.98. The van der Waals surface area contributed by atoms with Gasteiger partial charge in [0.05, 0.1) is 23.2 Å². The highest BCUT2D eigenvalue weighted by molar-refractivity contribution is 14.1. The van der Waals surface area contributed by atoms with Crippen LogP contribution in [0.4, 0.5) is 0 Å². The molecule has 0 aromatic heterocycles. The molecule has 1 aliphatic rings. The fourth-order valence-electron chi connectivity index (χ4n) is 3.67. The summed E-state index contributed by atoms with van der Waals surface area (Å²) in [5.41, 5.74) is 2.15. The molecule has 0 saturated heterocycles. The summed E-state index contributed by atoms with van der Waals surface area (Å²) in [6, 6.07) is 13.9. The van der Waals surface area contributed by atoms with E-state index in [1.807, 2.05) is 36.4 Å². The number of rotatable bonds is 5. The lowest BCUT2D eigenvalue weighted by atomic mass is 9.86. The van der Waals surface area contributed by atoms with Gasteiger partial charge in [0.2, 0.25) is 0 Å². The fourth-order valence-corrected chi connectivity index (χ4v) is 11.4. The lowest BCUT2D eigenvalue weighted by molar-refractivity contribution is -0.133. The lowest BCUT2D eigenvalue weighted by Crippen LogP contribution is -2.26. The smallest absolute Gasteiger partial charge is 0.340 e. The molecule has 0 aliphatic heterocycles. The van der Waals surface area contributed by atoms with Crippen molar-refractivity contribution < 1.29 is 32.0 Å². The third-order valence-corrected chi connectivity index (χ3v) is 10.9. The Morgan fingerprint density at radius 3 is 1.65 bits per heavy atom. The second-order valence-electron chi connectivity index (χ2n) is 7.73. The summed E-state index contributed by atoms with van der Waals surface area (Å²) in [7, 11) is -4.70. The van der Waals surface area contributed by atoms with Gasteiger partial charge >= 0.3 is 11.9 Å². The summed E-state index contributed by atoms with van der Waals surface area (Å²) in [5.74, 6) is -0.913. The first-order valence-corrected chi connectivity index (χ1v) is 17.0. The zero-order valence-electron chi connectivity index (χ0n) is 18.2. The molecule has 0 radical (unpaired) electrons. The van der Waals surface area contributed by atoms with Gasteiger partial charge in [0.15, 0.2) is 5.75 Å². The number of halogens is 5. The lowest BCUT2D eigenvalue weighted by Gasteiger charge is -2.22. The molecule has 4 rings (SSSR count). The summed E-state index contributed by atoms with van der Waals surface area (Å²) >= 11 is 9.81. The van der Waals surface area contributed by atoms with Crippen LogP contribution in [-0.4, -0.2) is 24.9 Å². The summed E-state index contributed by atoms with van der Waals surface area (Å²) < 4.78 is 48.9. The molecule has 0 bridgehead atoms. The molecule has 37 heavy (non-hydrogen) atoms. The van der Waals surface area contributed by atoms with Crippen molar-refractivity contribution >= 4 is 135 Å². The quantitative estimate of drug-likeness (QED) is 0.129. The highest BCUT2D eigenvalue weighted by atomic mass is 127. The second kappa shape index (κ2) is 12.2.